The Bertz CT molecular complexity index is 781. The highest BCUT2D eigenvalue weighted by molar-refractivity contribution is 9.10. The molecule has 0 aliphatic carbocycles. The molecule has 114 valence electrons. The fourth-order valence-corrected chi connectivity index (χ4v) is 3.57. The molecule has 2 heterocycles. The van der Waals surface area contributed by atoms with Gasteiger partial charge in [0.1, 0.15) is 10.7 Å². The summed E-state index contributed by atoms with van der Waals surface area (Å²) >= 11 is 2.91. The number of aromatic nitrogens is 3. The van der Waals surface area contributed by atoms with Crippen molar-refractivity contribution in [3.05, 3.63) is 28.1 Å². The molecule has 2 N–H and O–H groups in total. The molecule has 0 atom stereocenters. The lowest BCUT2D eigenvalue weighted by atomic mass is 10.5. The van der Waals surface area contributed by atoms with Gasteiger partial charge in [-0.1, -0.05) is 0 Å². The Labute approximate surface area is 128 Å². The second kappa shape index (κ2) is 5.58. The molecule has 0 radical (unpaired) electrons. The summed E-state index contributed by atoms with van der Waals surface area (Å²) in [4.78, 5) is 14.6. The summed E-state index contributed by atoms with van der Waals surface area (Å²) in [6.07, 6.45) is 0. The van der Waals surface area contributed by atoms with Crippen LogP contribution < -0.4 is 0 Å². The number of H-pyrrole nitrogens is 1. The van der Waals surface area contributed by atoms with E-state index in [9.17, 15) is 13.2 Å². The average Bonchev–Trinajstić information content (AvgIpc) is 2.96. The number of sulfonamides is 1. The highest BCUT2D eigenvalue weighted by Crippen LogP contribution is 2.28. The fourth-order valence-electron chi connectivity index (χ4n) is 1.55. The van der Waals surface area contributed by atoms with E-state index in [2.05, 4.69) is 31.1 Å². The topological polar surface area (TPSA) is 129 Å². The number of carboxylic acids is 1. The van der Waals surface area contributed by atoms with E-state index in [0.29, 0.717) is 11.6 Å². The molecule has 0 saturated carbocycles. The highest BCUT2D eigenvalue weighted by atomic mass is 79.9. The lowest BCUT2D eigenvalue weighted by Gasteiger charge is -2.14. The zero-order valence-electron chi connectivity index (χ0n) is 11.0. The van der Waals surface area contributed by atoms with Crippen LogP contribution in [0.25, 0.3) is 0 Å². The molecule has 0 amide bonds. The molecule has 0 saturated heterocycles. The molecule has 2 rings (SSSR count). The van der Waals surface area contributed by atoms with Crippen LogP contribution in [0.5, 0.6) is 0 Å². The molecule has 2 aromatic rings. The minimum Gasteiger partial charge on any atom is -0.475 e. The highest BCUT2D eigenvalue weighted by Gasteiger charge is 2.29. The summed E-state index contributed by atoms with van der Waals surface area (Å²) in [6, 6.07) is 0.946. The number of furan rings is 1. The first-order valence-corrected chi connectivity index (χ1v) is 7.82. The molecule has 0 aliphatic heterocycles. The standard InChI is InChI=1S/C10H11BrN4O5S/c1-5-12-8(14-13-5)4-15(2)21(18,19)7-3-6(10(16)17)20-9(7)11/h3H,4H2,1-2H3,(H,16,17)(H,12,13,14). The second-order valence-corrected chi connectivity index (χ2v) is 6.89. The van der Waals surface area contributed by atoms with Gasteiger partial charge < -0.3 is 9.52 Å². The monoisotopic (exact) mass is 378 g/mol. The van der Waals surface area contributed by atoms with Crippen LogP contribution in [0.3, 0.4) is 0 Å². The van der Waals surface area contributed by atoms with Crippen LogP contribution in [0, 0.1) is 6.92 Å². The maximum absolute atomic E-state index is 12.4. The summed E-state index contributed by atoms with van der Waals surface area (Å²) in [6.45, 7) is 1.63. The van der Waals surface area contributed by atoms with Gasteiger partial charge in [0.25, 0.3) is 0 Å². The molecule has 9 nitrogen and oxygen atoms in total. The number of nitrogens with zero attached hydrogens (tertiary/aromatic N) is 3. The van der Waals surface area contributed by atoms with Gasteiger partial charge >= 0.3 is 5.97 Å². The summed E-state index contributed by atoms with van der Waals surface area (Å²) in [7, 11) is -2.60. The van der Waals surface area contributed by atoms with Gasteiger partial charge in [0.2, 0.25) is 15.8 Å². The van der Waals surface area contributed by atoms with Crippen LogP contribution in [0.4, 0.5) is 0 Å². The molecule has 11 heteroatoms. The van der Waals surface area contributed by atoms with Crippen LogP contribution in [0.2, 0.25) is 0 Å². The molecule has 0 unspecified atom stereocenters. The zero-order chi connectivity index (χ0) is 15.8. The maximum atomic E-state index is 12.4. The number of carbonyl (C=O) groups is 1. The molecule has 0 fully saturated rings. The van der Waals surface area contributed by atoms with Gasteiger partial charge in [0, 0.05) is 13.1 Å². The molecule has 0 aliphatic rings. The molecular weight excluding hydrogens is 368 g/mol. The number of hydrogen-bond acceptors (Lipinski definition) is 6. The number of aromatic carboxylic acids is 1. The van der Waals surface area contributed by atoms with Crippen molar-refractivity contribution in [1.82, 2.24) is 19.5 Å². The van der Waals surface area contributed by atoms with Crippen molar-refractivity contribution in [3.63, 3.8) is 0 Å². The van der Waals surface area contributed by atoms with Gasteiger partial charge in [-0.2, -0.15) is 9.40 Å². The van der Waals surface area contributed by atoms with Gasteiger partial charge in [0.05, 0.1) is 6.54 Å². The van der Waals surface area contributed by atoms with Crippen LogP contribution >= 0.6 is 15.9 Å². The normalized spacial score (nSPS) is 12.0. The van der Waals surface area contributed by atoms with E-state index in [0.717, 1.165) is 10.4 Å². The Balaban J connectivity index is 2.30. The Kier molecular flexibility index (Phi) is 4.16. The van der Waals surface area contributed by atoms with Crippen LogP contribution in [0.1, 0.15) is 22.2 Å². The van der Waals surface area contributed by atoms with E-state index in [-0.39, 0.29) is 16.1 Å². The lowest BCUT2D eigenvalue weighted by molar-refractivity contribution is 0.0661. The number of carboxylic acid groups (broad SMARTS) is 1. The van der Waals surface area contributed by atoms with E-state index < -0.39 is 21.8 Å². The molecular formula is C10H11BrN4O5S. The SMILES string of the molecule is Cc1nc(CN(C)S(=O)(=O)c2cc(C(=O)O)oc2Br)n[nH]1. The number of rotatable bonds is 5. The van der Waals surface area contributed by atoms with E-state index in [1.54, 1.807) is 6.92 Å². The molecule has 21 heavy (non-hydrogen) atoms. The number of hydrogen-bond donors (Lipinski definition) is 2. The quantitative estimate of drug-likeness (QED) is 0.792. The number of halogens is 1. The maximum Gasteiger partial charge on any atom is 0.371 e. The van der Waals surface area contributed by atoms with Gasteiger partial charge in [-0.15, -0.1) is 0 Å². The van der Waals surface area contributed by atoms with E-state index in [1.807, 2.05) is 0 Å². The number of aromatic amines is 1. The molecule has 0 bridgehead atoms. The van der Waals surface area contributed by atoms with E-state index >= 15 is 0 Å². The van der Waals surface area contributed by atoms with Gasteiger partial charge in [0.15, 0.2) is 10.5 Å². The molecule has 2 aromatic heterocycles. The first-order valence-electron chi connectivity index (χ1n) is 5.58. The third kappa shape index (κ3) is 3.14. The van der Waals surface area contributed by atoms with Gasteiger partial charge in [-0.05, 0) is 22.9 Å². The smallest absolute Gasteiger partial charge is 0.371 e. The summed E-state index contributed by atoms with van der Waals surface area (Å²) in [5.41, 5.74) is 0. The summed E-state index contributed by atoms with van der Waals surface area (Å²) < 4.78 is 30.4. The van der Waals surface area contributed by atoms with Crippen molar-refractivity contribution in [2.24, 2.45) is 0 Å². The summed E-state index contributed by atoms with van der Waals surface area (Å²) in [5.74, 6) is -0.961. The number of nitrogens with one attached hydrogen (secondary N) is 1. The minimum atomic E-state index is -3.94. The average molecular weight is 379 g/mol. The van der Waals surface area contributed by atoms with Crippen molar-refractivity contribution in [2.45, 2.75) is 18.4 Å². The zero-order valence-corrected chi connectivity index (χ0v) is 13.4. The van der Waals surface area contributed by atoms with Crippen molar-refractivity contribution >= 4 is 31.9 Å². The number of aryl methyl sites for hydroxylation is 1. The third-order valence-electron chi connectivity index (χ3n) is 2.56. The van der Waals surface area contributed by atoms with Crippen molar-refractivity contribution in [1.29, 1.82) is 0 Å². The predicted octanol–water partition coefficient (Wildman–Crippen LogP) is 0.988. The minimum absolute atomic E-state index is 0.0628. The predicted molar refractivity (Wildman–Crippen MR) is 73.1 cm³/mol. The van der Waals surface area contributed by atoms with Crippen molar-refractivity contribution in [3.8, 4) is 0 Å². The summed E-state index contributed by atoms with van der Waals surface area (Å²) in [5, 5.41) is 15.3. The lowest BCUT2D eigenvalue weighted by Crippen LogP contribution is -2.27. The third-order valence-corrected chi connectivity index (χ3v) is 5.22. The van der Waals surface area contributed by atoms with Gasteiger partial charge in [-0.3, -0.25) is 5.10 Å². The van der Waals surface area contributed by atoms with Crippen molar-refractivity contribution < 1.29 is 22.7 Å². The van der Waals surface area contributed by atoms with Crippen LogP contribution in [0.15, 0.2) is 20.0 Å². The Morgan fingerprint density at radius 1 is 1.57 bits per heavy atom. The van der Waals surface area contributed by atoms with E-state index in [1.165, 1.54) is 7.05 Å². The fraction of sp³-hybridized carbons (Fsp3) is 0.300. The van der Waals surface area contributed by atoms with Crippen LogP contribution in [-0.4, -0.2) is 46.0 Å². The van der Waals surface area contributed by atoms with Crippen LogP contribution in [-0.2, 0) is 16.6 Å². The first kappa shape index (κ1) is 15.7. The Morgan fingerprint density at radius 3 is 2.71 bits per heavy atom. The van der Waals surface area contributed by atoms with Gasteiger partial charge in [-0.25, -0.2) is 18.2 Å². The molecule has 0 spiro atoms. The van der Waals surface area contributed by atoms with E-state index in [4.69, 9.17) is 9.52 Å². The molecule has 0 aromatic carbocycles. The van der Waals surface area contributed by atoms with Crippen molar-refractivity contribution in [2.75, 3.05) is 7.05 Å². The first-order chi connectivity index (χ1) is 9.71. The Hall–Kier alpha value is -1.72. The Morgan fingerprint density at radius 2 is 2.24 bits per heavy atom. The second-order valence-electron chi connectivity index (χ2n) is 4.15. The largest absolute Gasteiger partial charge is 0.475 e.